The van der Waals surface area contributed by atoms with Gasteiger partial charge in [-0.2, -0.15) is 5.10 Å². The van der Waals surface area contributed by atoms with Gasteiger partial charge in [-0.1, -0.05) is 0 Å². The van der Waals surface area contributed by atoms with E-state index in [0.29, 0.717) is 5.82 Å². The minimum atomic E-state index is 0.628. The van der Waals surface area contributed by atoms with Gasteiger partial charge in [-0.15, -0.1) is 0 Å². The summed E-state index contributed by atoms with van der Waals surface area (Å²) in [5, 5.41) is 7.47. The molecule has 0 radical (unpaired) electrons. The lowest BCUT2D eigenvalue weighted by Crippen LogP contribution is -2.11. The second-order valence-corrected chi connectivity index (χ2v) is 2.81. The van der Waals surface area contributed by atoms with E-state index in [1.165, 1.54) is 5.69 Å². The Morgan fingerprint density at radius 3 is 3.45 bits per heavy atom. The van der Waals surface area contributed by atoms with Gasteiger partial charge in [0.1, 0.15) is 5.82 Å². The summed E-state index contributed by atoms with van der Waals surface area (Å²) < 4.78 is 1.98. The molecule has 4 heteroatoms. The van der Waals surface area contributed by atoms with Crippen molar-refractivity contribution in [3.63, 3.8) is 0 Å². The van der Waals surface area contributed by atoms with E-state index in [2.05, 4.69) is 10.4 Å². The average Bonchev–Trinajstić information content (AvgIpc) is 2.17. The first kappa shape index (κ1) is 6.67. The van der Waals surface area contributed by atoms with Crippen LogP contribution in [0.15, 0.2) is 6.07 Å². The molecule has 0 saturated heterocycles. The van der Waals surface area contributed by atoms with Crippen molar-refractivity contribution >= 4 is 5.82 Å². The van der Waals surface area contributed by atoms with Gasteiger partial charge >= 0.3 is 0 Å². The van der Waals surface area contributed by atoms with Gasteiger partial charge in [-0.3, -0.25) is 4.68 Å². The zero-order chi connectivity index (χ0) is 7.68. The molecular weight excluding hydrogens is 140 g/mol. The predicted molar refractivity (Wildman–Crippen MR) is 43.0 cm³/mol. The minimum absolute atomic E-state index is 0.628. The molecule has 3 N–H and O–H groups in total. The number of nitrogens with two attached hydrogens (primary N) is 1. The lowest BCUT2D eigenvalue weighted by molar-refractivity contribution is 0.589. The van der Waals surface area contributed by atoms with Crippen LogP contribution in [0.4, 0.5) is 5.82 Å². The Bertz CT molecular complexity index is 229. The normalized spacial score (nSPS) is 17.5. The van der Waals surface area contributed by atoms with Crippen LogP contribution in [0.5, 0.6) is 0 Å². The van der Waals surface area contributed by atoms with Crippen molar-refractivity contribution in [1.29, 1.82) is 0 Å². The van der Waals surface area contributed by atoms with Gasteiger partial charge in [0.25, 0.3) is 0 Å². The van der Waals surface area contributed by atoms with Crippen molar-refractivity contribution in [2.45, 2.75) is 19.5 Å². The van der Waals surface area contributed by atoms with Crippen LogP contribution in [0.3, 0.4) is 0 Å². The maximum atomic E-state index is 5.55. The molecule has 11 heavy (non-hydrogen) atoms. The molecule has 0 aromatic carbocycles. The molecule has 0 aliphatic carbocycles. The highest BCUT2D eigenvalue weighted by Gasteiger charge is 2.07. The summed E-state index contributed by atoms with van der Waals surface area (Å²) in [7, 11) is 0. The Balaban J connectivity index is 2.32. The monoisotopic (exact) mass is 152 g/mol. The number of nitrogen functional groups attached to an aromatic ring is 1. The van der Waals surface area contributed by atoms with E-state index in [-0.39, 0.29) is 0 Å². The van der Waals surface area contributed by atoms with E-state index >= 15 is 0 Å². The van der Waals surface area contributed by atoms with Crippen LogP contribution < -0.4 is 11.1 Å². The first-order valence-corrected chi connectivity index (χ1v) is 3.89. The predicted octanol–water partition coefficient (Wildman–Crippen LogP) is -0.0414. The molecule has 0 spiro atoms. The molecule has 1 aromatic rings. The standard InChI is InChI=1S/C7H12N4/c8-7-4-6-5-9-2-1-3-11(6)10-7/h4,9H,1-3,5H2,(H2,8,10). The van der Waals surface area contributed by atoms with E-state index in [1.54, 1.807) is 0 Å². The SMILES string of the molecule is Nc1cc2n(n1)CCCNC2. The molecule has 0 unspecified atom stereocenters. The maximum Gasteiger partial charge on any atom is 0.145 e. The van der Waals surface area contributed by atoms with Gasteiger partial charge in [0.2, 0.25) is 0 Å². The van der Waals surface area contributed by atoms with Crippen molar-refractivity contribution in [2.75, 3.05) is 12.3 Å². The summed E-state index contributed by atoms with van der Waals surface area (Å²) >= 11 is 0. The molecule has 0 atom stereocenters. The summed E-state index contributed by atoms with van der Waals surface area (Å²) in [5.74, 6) is 0.628. The average molecular weight is 152 g/mol. The Morgan fingerprint density at radius 2 is 2.55 bits per heavy atom. The van der Waals surface area contributed by atoms with Gasteiger partial charge < -0.3 is 11.1 Å². The highest BCUT2D eigenvalue weighted by molar-refractivity contribution is 5.29. The number of aryl methyl sites for hydroxylation is 1. The van der Waals surface area contributed by atoms with Gasteiger partial charge in [-0.25, -0.2) is 0 Å². The molecule has 1 aromatic heterocycles. The second-order valence-electron chi connectivity index (χ2n) is 2.81. The Kier molecular flexibility index (Phi) is 1.54. The van der Waals surface area contributed by atoms with E-state index in [1.807, 2.05) is 10.7 Å². The van der Waals surface area contributed by atoms with E-state index in [9.17, 15) is 0 Å². The molecule has 0 saturated carbocycles. The fraction of sp³-hybridized carbons (Fsp3) is 0.571. The first-order valence-electron chi connectivity index (χ1n) is 3.89. The quantitative estimate of drug-likeness (QED) is 0.548. The molecule has 1 aliphatic heterocycles. The number of nitrogens with zero attached hydrogens (tertiary/aromatic N) is 2. The fourth-order valence-corrected chi connectivity index (χ4v) is 1.38. The van der Waals surface area contributed by atoms with Crippen LogP contribution in [0.25, 0.3) is 0 Å². The topological polar surface area (TPSA) is 55.9 Å². The largest absolute Gasteiger partial charge is 0.382 e. The van der Waals surface area contributed by atoms with Crippen LogP contribution in [-0.4, -0.2) is 16.3 Å². The highest BCUT2D eigenvalue weighted by Crippen LogP contribution is 2.08. The molecule has 2 rings (SSSR count). The number of anilines is 1. The van der Waals surface area contributed by atoms with E-state index in [0.717, 1.165) is 26.1 Å². The number of fused-ring (bicyclic) bond motifs is 1. The van der Waals surface area contributed by atoms with Gasteiger partial charge in [0.05, 0.1) is 5.69 Å². The van der Waals surface area contributed by atoms with Crippen molar-refractivity contribution in [2.24, 2.45) is 0 Å². The number of hydrogen-bond donors (Lipinski definition) is 2. The highest BCUT2D eigenvalue weighted by atomic mass is 15.3. The summed E-state index contributed by atoms with van der Waals surface area (Å²) in [6, 6.07) is 1.93. The van der Waals surface area contributed by atoms with Crippen molar-refractivity contribution in [3.8, 4) is 0 Å². The summed E-state index contributed by atoms with van der Waals surface area (Å²) in [4.78, 5) is 0. The molecule has 60 valence electrons. The summed E-state index contributed by atoms with van der Waals surface area (Å²) in [6.45, 7) is 2.95. The third-order valence-corrected chi connectivity index (χ3v) is 1.91. The third kappa shape index (κ3) is 1.21. The molecule has 1 aliphatic rings. The molecule has 4 nitrogen and oxygen atoms in total. The molecule has 0 bridgehead atoms. The minimum Gasteiger partial charge on any atom is -0.382 e. The number of aromatic nitrogens is 2. The first-order chi connectivity index (χ1) is 5.36. The summed E-state index contributed by atoms with van der Waals surface area (Å²) in [5.41, 5.74) is 6.74. The smallest absolute Gasteiger partial charge is 0.145 e. The molecular formula is C7H12N4. The molecule has 2 heterocycles. The maximum absolute atomic E-state index is 5.55. The van der Waals surface area contributed by atoms with Crippen LogP contribution in [0, 0.1) is 0 Å². The van der Waals surface area contributed by atoms with Crippen LogP contribution in [-0.2, 0) is 13.1 Å². The zero-order valence-corrected chi connectivity index (χ0v) is 6.38. The lowest BCUT2D eigenvalue weighted by atomic mass is 10.4. The van der Waals surface area contributed by atoms with Crippen LogP contribution >= 0.6 is 0 Å². The molecule has 0 fully saturated rings. The lowest BCUT2D eigenvalue weighted by Gasteiger charge is -1.98. The van der Waals surface area contributed by atoms with Crippen LogP contribution in [0.2, 0.25) is 0 Å². The van der Waals surface area contributed by atoms with E-state index < -0.39 is 0 Å². The second kappa shape index (κ2) is 2.54. The number of hydrogen-bond acceptors (Lipinski definition) is 3. The van der Waals surface area contributed by atoms with Crippen LogP contribution in [0.1, 0.15) is 12.1 Å². The summed E-state index contributed by atoms with van der Waals surface area (Å²) in [6.07, 6.45) is 1.13. The van der Waals surface area contributed by atoms with Crippen molar-refractivity contribution in [3.05, 3.63) is 11.8 Å². The zero-order valence-electron chi connectivity index (χ0n) is 6.38. The van der Waals surface area contributed by atoms with Gasteiger partial charge in [0, 0.05) is 19.2 Å². The molecule has 0 amide bonds. The van der Waals surface area contributed by atoms with Gasteiger partial charge in [0.15, 0.2) is 0 Å². The number of rotatable bonds is 0. The van der Waals surface area contributed by atoms with Gasteiger partial charge in [-0.05, 0) is 13.0 Å². The Labute approximate surface area is 65.4 Å². The van der Waals surface area contributed by atoms with Crippen molar-refractivity contribution in [1.82, 2.24) is 15.1 Å². The Morgan fingerprint density at radius 1 is 1.64 bits per heavy atom. The number of nitrogens with one attached hydrogen (secondary N) is 1. The third-order valence-electron chi connectivity index (χ3n) is 1.91. The van der Waals surface area contributed by atoms with Crippen molar-refractivity contribution < 1.29 is 0 Å². The Hall–Kier alpha value is -1.03. The van der Waals surface area contributed by atoms with E-state index in [4.69, 9.17) is 5.73 Å². The fourth-order valence-electron chi connectivity index (χ4n) is 1.38.